The van der Waals surface area contributed by atoms with Gasteiger partial charge < -0.3 is 5.32 Å². The number of nitrogens with one attached hydrogen (secondary N) is 1. The molecule has 0 aromatic carbocycles. The maximum atomic E-state index is 3.68. The molecule has 0 spiro atoms. The molecule has 1 nitrogen and oxygen atoms in total. The lowest BCUT2D eigenvalue weighted by Crippen LogP contribution is -2.37. The normalized spacial score (nSPS) is 14.5. The van der Waals surface area contributed by atoms with Crippen LogP contribution in [0.1, 0.15) is 24.3 Å². The molecule has 0 amide bonds. The van der Waals surface area contributed by atoms with E-state index < -0.39 is 8.07 Å². The van der Waals surface area contributed by atoms with E-state index >= 15 is 0 Å². The molecule has 1 aromatic heterocycles. The van der Waals surface area contributed by atoms with Crippen molar-refractivity contribution < 1.29 is 0 Å². The van der Waals surface area contributed by atoms with Gasteiger partial charge in [0.05, 0.1) is 14.1 Å². The topological polar surface area (TPSA) is 12.0 Å². The third kappa shape index (κ3) is 5.10. The Morgan fingerprint density at radius 2 is 2.19 bits per heavy atom. The molecule has 3 heteroatoms. The van der Waals surface area contributed by atoms with Crippen LogP contribution in [0.15, 0.2) is 29.7 Å². The highest BCUT2D eigenvalue weighted by molar-refractivity contribution is 7.10. The molecule has 0 saturated heterocycles. The van der Waals surface area contributed by atoms with Gasteiger partial charge in [-0.3, -0.25) is 0 Å². The van der Waals surface area contributed by atoms with E-state index in [-0.39, 0.29) is 0 Å². The Bertz CT molecular complexity index is 311. The van der Waals surface area contributed by atoms with Gasteiger partial charge in [-0.1, -0.05) is 44.8 Å². The Morgan fingerprint density at radius 1 is 1.44 bits per heavy atom. The van der Waals surface area contributed by atoms with Gasteiger partial charge in [-0.15, -0.1) is 11.3 Å². The zero-order chi connectivity index (χ0) is 12.0. The lowest BCUT2D eigenvalue weighted by molar-refractivity contribution is 0.694. The first-order valence-electron chi connectivity index (χ1n) is 5.96. The Balaban J connectivity index is 2.62. The van der Waals surface area contributed by atoms with E-state index in [0.717, 1.165) is 6.42 Å². The minimum Gasteiger partial charge on any atom is -0.309 e. The molecule has 1 unspecified atom stereocenters. The monoisotopic (exact) mass is 253 g/mol. The molecule has 90 valence electrons. The molecule has 0 aliphatic carbocycles. The Labute approximate surface area is 105 Å². The summed E-state index contributed by atoms with van der Waals surface area (Å²) in [5, 5.41) is 5.83. The molecule has 0 fully saturated rings. The first kappa shape index (κ1) is 13.7. The van der Waals surface area contributed by atoms with Crippen molar-refractivity contribution in [2.45, 2.75) is 39.0 Å². The second-order valence-electron chi connectivity index (χ2n) is 5.27. The Hall–Kier alpha value is -0.383. The average molecular weight is 253 g/mol. The smallest absolute Gasteiger partial charge is 0.0598 e. The van der Waals surface area contributed by atoms with Gasteiger partial charge in [-0.25, -0.2) is 0 Å². The molecule has 16 heavy (non-hydrogen) atoms. The van der Waals surface area contributed by atoms with E-state index in [9.17, 15) is 0 Å². The van der Waals surface area contributed by atoms with Crippen LogP contribution in [0.25, 0.3) is 0 Å². The van der Waals surface area contributed by atoms with Gasteiger partial charge in [0.2, 0.25) is 0 Å². The van der Waals surface area contributed by atoms with E-state index in [4.69, 9.17) is 0 Å². The first-order valence-corrected chi connectivity index (χ1v) is 10.5. The maximum absolute atomic E-state index is 3.68. The lowest BCUT2D eigenvalue weighted by atomic mass is 10.2. The van der Waals surface area contributed by atoms with Crippen LogP contribution in [0.3, 0.4) is 0 Å². The average Bonchev–Trinajstić information content (AvgIpc) is 2.69. The Morgan fingerprint density at radius 3 is 2.69 bits per heavy atom. The zero-order valence-electron chi connectivity index (χ0n) is 10.8. The summed E-state index contributed by atoms with van der Waals surface area (Å²) >= 11 is 1.83. The minimum absolute atomic E-state index is 0.409. The molecule has 0 aliphatic rings. The van der Waals surface area contributed by atoms with Gasteiger partial charge in [0, 0.05) is 4.88 Å². The fourth-order valence-corrected chi connectivity index (χ4v) is 3.03. The summed E-state index contributed by atoms with van der Waals surface area (Å²) in [7, 11) is -1.01. The highest BCUT2D eigenvalue weighted by atomic mass is 32.1. The van der Waals surface area contributed by atoms with Crippen molar-refractivity contribution >= 4 is 19.4 Å². The third-order valence-electron chi connectivity index (χ3n) is 2.27. The minimum atomic E-state index is -1.01. The molecule has 0 radical (unpaired) electrons. The number of rotatable bonds is 6. The highest BCUT2D eigenvalue weighted by Gasteiger charge is 2.16. The molecule has 0 bridgehead atoms. The second-order valence-corrected chi connectivity index (χ2v) is 11.7. The standard InChI is InChI=1S/C13H23NSSi/c1-5-6-8-12(13-9-7-10-15-13)14-11-16(2,3)4/h6-10,12,14H,5,11H2,1-4H3/b8-6+. The van der Waals surface area contributed by atoms with Crippen molar-refractivity contribution in [3.63, 3.8) is 0 Å². The van der Waals surface area contributed by atoms with E-state index in [1.54, 1.807) is 0 Å². The number of allylic oxidation sites excluding steroid dienone is 1. The summed E-state index contributed by atoms with van der Waals surface area (Å²) in [6, 6.07) is 4.75. The number of hydrogen-bond donors (Lipinski definition) is 1. The summed E-state index contributed by atoms with van der Waals surface area (Å²) in [5.41, 5.74) is 0. The lowest BCUT2D eigenvalue weighted by Gasteiger charge is -2.21. The van der Waals surface area contributed by atoms with Crippen LogP contribution >= 0.6 is 11.3 Å². The van der Waals surface area contributed by atoms with Gasteiger partial charge in [0.15, 0.2) is 0 Å². The molecule has 1 heterocycles. The van der Waals surface area contributed by atoms with Crippen LogP contribution in [-0.2, 0) is 0 Å². The summed E-state index contributed by atoms with van der Waals surface area (Å²) in [4.78, 5) is 1.42. The molecule has 1 aromatic rings. The molecule has 1 atom stereocenters. The number of thiophene rings is 1. The predicted octanol–water partition coefficient (Wildman–Crippen LogP) is 4.22. The predicted molar refractivity (Wildman–Crippen MR) is 77.8 cm³/mol. The van der Waals surface area contributed by atoms with Crippen LogP contribution in [0.2, 0.25) is 19.6 Å². The van der Waals surface area contributed by atoms with Crippen LogP contribution in [0, 0.1) is 0 Å². The summed E-state index contributed by atoms with van der Waals surface area (Å²) in [6.07, 6.45) is 6.83. The SMILES string of the molecule is CC/C=C/C(NC[Si](C)(C)C)c1cccs1. The fraction of sp³-hybridized carbons (Fsp3) is 0.538. The molecular formula is C13H23NSSi. The van der Waals surface area contributed by atoms with Crippen LogP contribution in [-0.4, -0.2) is 14.2 Å². The van der Waals surface area contributed by atoms with Crippen molar-refractivity contribution in [3.05, 3.63) is 34.5 Å². The quantitative estimate of drug-likeness (QED) is 0.591. The van der Waals surface area contributed by atoms with Crippen molar-refractivity contribution in [2.24, 2.45) is 0 Å². The van der Waals surface area contributed by atoms with Crippen molar-refractivity contribution in [1.29, 1.82) is 0 Å². The van der Waals surface area contributed by atoms with Crippen LogP contribution < -0.4 is 5.32 Å². The van der Waals surface area contributed by atoms with Gasteiger partial charge in [0.1, 0.15) is 0 Å². The van der Waals surface area contributed by atoms with Crippen molar-refractivity contribution in [2.75, 3.05) is 6.17 Å². The van der Waals surface area contributed by atoms with Crippen LogP contribution in [0.5, 0.6) is 0 Å². The Kier molecular flexibility index (Phi) is 5.45. The largest absolute Gasteiger partial charge is 0.309 e. The summed E-state index contributed by atoms with van der Waals surface area (Å²) < 4.78 is 0. The summed E-state index contributed by atoms with van der Waals surface area (Å²) in [6.45, 7) is 9.37. The van der Waals surface area contributed by atoms with Crippen molar-refractivity contribution in [3.8, 4) is 0 Å². The van der Waals surface area contributed by atoms with E-state index in [1.807, 2.05) is 11.3 Å². The van der Waals surface area contributed by atoms with E-state index in [1.165, 1.54) is 11.0 Å². The van der Waals surface area contributed by atoms with Gasteiger partial charge in [-0.2, -0.15) is 0 Å². The number of hydrogen-bond acceptors (Lipinski definition) is 2. The van der Waals surface area contributed by atoms with E-state index in [2.05, 4.69) is 61.5 Å². The maximum Gasteiger partial charge on any atom is 0.0598 e. The highest BCUT2D eigenvalue weighted by Crippen LogP contribution is 2.20. The van der Waals surface area contributed by atoms with Gasteiger partial charge in [0.25, 0.3) is 0 Å². The molecule has 0 aliphatic heterocycles. The molecule has 1 N–H and O–H groups in total. The molecular weight excluding hydrogens is 230 g/mol. The van der Waals surface area contributed by atoms with Gasteiger partial charge in [-0.05, 0) is 24.0 Å². The fourth-order valence-electron chi connectivity index (χ4n) is 1.42. The second kappa shape index (κ2) is 6.38. The molecule has 1 rings (SSSR count). The first-order chi connectivity index (χ1) is 7.53. The van der Waals surface area contributed by atoms with Crippen LogP contribution in [0.4, 0.5) is 0 Å². The van der Waals surface area contributed by atoms with E-state index in [0.29, 0.717) is 6.04 Å². The van der Waals surface area contributed by atoms with Crippen molar-refractivity contribution in [1.82, 2.24) is 5.32 Å². The molecule has 0 saturated carbocycles. The van der Waals surface area contributed by atoms with Gasteiger partial charge >= 0.3 is 0 Å². The third-order valence-corrected chi connectivity index (χ3v) is 4.49. The zero-order valence-corrected chi connectivity index (χ0v) is 12.6. The summed E-state index contributed by atoms with van der Waals surface area (Å²) in [5.74, 6) is 0.